The molecule has 1 aromatic rings. The molecule has 92 valence electrons. The number of aliphatic imine (C=N–C) groups is 1. The molecular formula is C12H15ClN2O2. The highest BCUT2D eigenvalue weighted by Gasteiger charge is 2.28. The van der Waals surface area contributed by atoms with Crippen molar-refractivity contribution in [1.29, 1.82) is 0 Å². The van der Waals surface area contributed by atoms with Crippen LogP contribution in [0.2, 0.25) is 0 Å². The standard InChI is InChI=1S/C12H15ClN2O2/c1-12(2,11(16)17)8-3-5-9(6-4-8)15-10(14)7-13/h3-6H,7H2,1-2H3,(H2,14,15)(H,16,17). The summed E-state index contributed by atoms with van der Waals surface area (Å²) < 4.78 is 0. The molecule has 0 aliphatic heterocycles. The van der Waals surface area contributed by atoms with Crippen LogP contribution in [0.5, 0.6) is 0 Å². The predicted octanol–water partition coefficient (Wildman–Crippen LogP) is 2.28. The number of nitrogens with zero attached hydrogens (tertiary/aromatic N) is 1. The fourth-order valence-electron chi connectivity index (χ4n) is 1.27. The molecule has 5 heteroatoms. The van der Waals surface area contributed by atoms with Gasteiger partial charge in [0.15, 0.2) is 0 Å². The molecule has 0 aliphatic rings. The molecule has 0 aliphatic carbocycles. The molecule has 0 amide bonds. The maximum absolute atomic E-state index is 11.1. The molecule has 0 spiro atoms. The average molecular weight is 255 g/mol. The molecule has 0 saturated heterocycles. The molecule has 3 N–H and O–H groups in total. The molecule has 4 nitrogen and oxygen atoms in total. The summed E-state index contributed by atoms with van der Waals surface area (Å²) in [7, 11) is 0. The highest BCUT2D eigenvalue weighted by molar-refractivity contribution is 6.28. The molecular weight excluding hydrogens is 240 g/mol. The van der Waals surface area contributed by atoms with Crippen LogP contribution >= 0.6 is 11.6 Å². The van der Waals surface area contributed by atoms with Gasteiger partial charge in [0.05, 0.1) is 17.0 Å². The summed E-state index contributed by atoms with van der Waals surface area (Å²) >= 11 is 5.51. The molecule has 0 atom stereocenters. The van der Waals surface area contributed by atoms with Crippen molar-refractivity contribution in [3.05, 3.63) is 29.8 Å². The Morgan fingerprint density at radius 3 is 2.35 bits per heavy atom. The van der Waals surface area contributed by atoms with Crippen LogP contribution in [-0.2, 0) is 10.2 Å². The van der Waals surface area contributed by atoms with E-state index in [-0.39, 0.29) is 5.88 Å². The number of benzene rings is 1. The van der Waals surface area contributed by atoms with Gasteiger partial charge in [-0.05, 0) is 31.5 Å². The largest absolute Gasteiger partial charge is 0.481 e. The summed E-state index contributed by atoms with van der Waals surface area (Å²) in [4.78, 5) is 15.1. The Morgan fingerprint density at radius 2 is 1.94 bits per heavy atom. The third-order valence-electron chi connectivity index (χ3n) is 2.53. The Kier molecular flexibility index (Phi) is 4.12. The summed E-state index contributed by atoms with van der Waals surface area (Å²) in [5.41, 5.74) is 5.96. The van der Waals surface area contributed by atoms with Gasteiger partial charge in [-0.3, -0.25) is 4.79 Å². The molecule has 0 heterocycles. The van der Waals surface area contributed by atoms with Gasteiger partial charge in [0.25, 0.3) is 0 Å². The molecule has 0 unspecified atom stereocenters. The lowest BCUT2D eigenvalue weighted by molar-refractivity contribution is -0.142. The lowest BCUT2D eigenvalue weighted by Crippen LogP contribution is -2.28. The van der Waals surface area contributed by atoms with Gasteiger partial charge in [-0.2, -0.15) is 0 Å². The first kappa shape index (κ1) is 13.5. The quantitative estimate of drug-likeness (QED) is 0.492. The fraction of sp³-hybridized carbons (Fsp3) is 0.333. The van der Waals surface area contributed by atoms with E-state index in [0.717, 1.165) is 0 Å². The van der Waals surface area contributed by atoms with Gasteiger partial charge in [-0.1, -0.05) is 12.1 Å². The van der Waals surface area contributed by atoms with E-state index >= 15 is 0 Å². The molecule has 0 aromatic heterocycles. The second-order valence-electron chi connectivity index (χ2n) is 4.21. The summed E-state index contributed by atoms with van der Waals surface area (Å²) in [6, 6.07) is 6.90. The second-order valence-corrected chi connectivity index (χ2v) is 4.48. The number of hydrogen-bond donors (Lipinski definition) is 2. The van der Waals surface area contributed by atoms with Gasteiger partial charge < -0.3 is 10.8 Å². The van der Waals surface area contributed by atoms with Gasteiger partial charge >= 0.3 is 5.97 Å². The minimum atomic E-state index is -0.916. The van der Waals surface area contributed by atoms with Crippen molar-refractivity contribution in [2.75, 3.05) is 5.88 Å². The molecule has 1 rings (SSSR count). The second kappa shape index (κ2) is 5.19. The fourth-order valence-corrected chi connectivity index (χ4v) is 1.33. The number of rotatable bonds is 4. The van der Waals surface area contributed by atoms with Crippen LogP contribution in [0.15, 0.2) is 29.3 Å². The van der Waals surface area contributed by atoms with Gasteiger partial charge in [0.1, 0.15) is 5.84 Å². The topological polar surface area (TPSA) is 75.7 Å². The zero-order valence-corrected chi connectivity index (χ0v) is 10.5. The van der Waals surface area contributed by atoms with Crippen LogP contribution in [0, 0.1) is 0 Å². The lowest BCUT2D eigenvalue weighted by Gasteiger charge is -2.19. The monoisotopic (exact) mass is 254 g/mol. The van der Waals surface area contributed by atoms with Crippen LogP contribution in [0.25, 0.3) is 0 Å². The summed E-state index contributed by atoms with van der Waals surface area (Å²) in [6.45, 7) is 3.31. The summed E-state index contributed by atoms with van der Waals surface area (Å²) in [6.07, 6.45) is 0. The van der Waals surface area contributed by atoms with Crippen molar-refractivity contribution in [3.8, 4) is 0 Å². The number of hydrogen-bond acceptors (Lipinski definition) is 2. The Bertz CT molecular complexity index is 438. The van der Waals surface area contributed by atoms with E-state index in [1.54, 1.807) is 38.1 Å². The Hall–Kier alpha value is -1.55. The number of nitrogens with two attached hydrogens (primary N) is 1. The first-order valence-electron chi connectivity index (χ1n) is 5.11. The van der Waals surface area contributed by atoms with Crippen molar-refractivity contribution >= 4 is 29.1 Å². The maximum Gasteiger partial charge on any atom is 0.313 e. The van der Waals surface area contributed by atoms with E-state index in [0.29, 0.717) is 17.1 Å². The number of halogens is 1. The van der Waals surface area contributed by atoms with Crippen molar-refractivity contribution in [1.82, 2.24) is 0 Å². The van der Waals surface area contributed by atoms with E-state index in [9.17, 15) is 4.79 Å². The number of alkyl halides is 1. The van der Waals surface area contributed by atoms with E-state index in [1.807, 2.05) is 0 Å². The third kappa shape index (κ3) is 3.20. The molecule has 17 heavy (non-hydrogen) atoms. The Morgan fingerprint density at radius 1 is 1.41 bits per heavy atom. The SMILES string of the molecule is CC(C)(C(=O)O)c1ccc(N=C(N)CCl)cc1. The van der Waals surface area contributed by atoms with Crippen LogP contribution in [0.3, 0.4) is 0 Å². The van der Waals surface area contributed by atoms with Gasteiger partial charge in [-0.15, -0.1) is 11.6 Å². The maximum atomic E-state index is 11.1. The van der Waals surface area contributed by atoms with Crippen molar-refractivity contribution < 1.29 is 9.90 Å². The van der Waals surface area contributed by atoms with E-state index in [4.69, 9.17) is 22.4 Å². The number of aliphatic carboxylic acids is 1. The van der Waals surface area contributed by atoms with Gasteiger partial charge in [0.2, 0.25) is 0 Å². The smallest absolute Gasteiger partial charge is 0.313 e. The van der Waals surface area contributed by atoms with Crippen LogP contribution in [0.4, 0.5) is 5.69 Å². The molecule has 0 fully saturated rings. The molecule has 0 bridgehead atoms. The minimum Gasteiger partial charge on any atom is -0.481 e. The highest BCUT2D eigenvalue weighted by atomic mass is 35.5. The first-order chi connectivity index (χ1) is 7.87. The summed E-state index contributed by atoms with van der Waals surface area (Å²) in [5, 5.41) is 9.08. The molecule has 0 saturated carbocycles. The van der Waals surface area contributed by atoms with Crippen molar-refractivity contribution in [2.45, 2.75) is 19.3 Å². The number of carboxylic acid groups (broad SMARTS) is 1. The first-order valence-corrected chi connectivity index (χ1v) is 5.64. The molecule has 1 aromatic carbocycles. The van der Waals surface area contributed by atoms with Crippen molar-refractivity contribution in [3.63, 3.8) is 0 Å². The van der Waals surface area contributed by atoms with Crippen LogP contribution in [0.1, 0.15) is 19.4 Å². The predicted molar refractivity (Wildman–Crippen MR) is 69.1 cm³/mol. The average Bonchev–Trinajstić information content (AvgIpc) is 2.29. The normalized spacial score (nSPS) is 12.5. The zero-order valence-electron chi connectivity index (χ0n) is 9.77. The van der Waals surface area contributed by atoms with E-state index in [2.05, 4.69) is 4.99 Å². The lowest BCUT2D eigenvalue weighted by atomic mass is 9.85. The van der Waals surface area contributed by atoms with E-state index in [1.165, 1.54) is 0 Å². The number of carboxylic acids is 1. The van der Waals surface area contributed by atoms with E-state index < -0.39 is 11.4 Å². The Balaban J connectivity index is 3.00. The number of carbonyl (C=O) groups is 1. The van der Waals surface area contributed by atoms with Crippen molar-refractivity contribution in [2.24, 2.45) is 10.7 Å². The molecule has 0 radical (unpaired) electrons. The number of amidine groups is 1. The minimum absolute atomic E-state index is 0.169. The zero-order chi connectivity index (χ0) is 13.1. The van der Waals surface area contributed by atoms with Gasteiger partial charge in [0, 0.05) is 0 Å². The van der Waals surface area contributed by atoms with Crippen LogP contribution < -0.4 is 5.73 Å². The highest BCUT2D eigenvalue weighted by Crippen LogP contribution is 2.25. The van der Waals surface area contributed by atoms with Crippen LogP contribution in [-0.4, -0.2) is 22.8 Å². The van der Waals surface area contributed by atoms with Gasteiger partial charge in [-0.25, -0.2) is 4.99 Å². The third-order valence-corrected chi connectivity index (χ3v) is 2.81. The summed E-state index contributed by atoms with van der Waals surface area (Å²) in [5.74, 6) is -0.367. The Labute approximate surface area is 105 Å².